The van der Waals surface area contributed by atoms with Crippen LogP contribution < -0.4 is 0 Å². The first-order valence-corrected chi connectivity index (χ1v) is 8.91. The van der Waals surface area contributed by atoms with Crippen LogP contribution in [0.2, 0.25) is 0 Å². The van der Waals surface area contributed by atoms with Crippen molar-refractivity contribution in [3.05, 3.63) is 0 Å². The maximum Gasteiger partial charge on any atom is 0.328 e. The van der Waals surface area contributed by atoms with Gasteiger partial charge in [0.25, 0.3) is 0 Å². The summed E-state index contributed by atoms with van der Waals surface area (Å²) in [5, 5.41) is 0. The van der Waals surface area contributed by atoms with Crippen LogP contribution in [0.5, 0.6) is 0 Å². The van der Waals surface area contributed by atoms with Gasteiger partial charge in [-0.2, -0.15) is 0 Å². The fraction of sp³-hybridized carbons (Fsp3) is 0.765. The molecule has 0 aromatic heterocycles. The zero-order valence-electron chi connectivity index (χ0n) is 14.9. The predicted molar refractivity (Wildman–Crippen MR) is 87.4 cm³/mol. The van der Waals surface area contributed by atoms with Gasteiger partial charge in [-0.1, -0.05) is 0 Å². The molecule has 0 aromatic carbocycles. The van der Waals surface area contributed by atoms with Crippen molar-refractivity contribution >= 4 is 23.8 Å². The van der Waals surface area contributed by atoms with Gasteiger partial charge >= 0.3 is 11.9 Å². The number of nitrogens with zero attached hydrogens (tertiary/aromatic N) is 2. The van der Waals surface area contributed by atoms with Crippen LogP contribution in [0.3, 0.4) is 0 Å². The molecular weight excluding hydrogens is 328 g/mol. The molecule has 0 spiro atoms. The minimum atomic E-state index is -0.611. The molecule has 25 heavy (non-hydrogen) atoms. The molecular formula is C17H26N2O6. The molecule has 2 saturated heterocycles. The molecule has 140 valence electrons. The zero-order chi connectivity index (χ0) is 18.4. The van der Waals surface area contributed by atoms with E-state index in [1.807, 2.05) is 0 Å². The Bertz CT molecular complexity index is 489. The molecule has 0 aromatic rings. The quantitative estimate of drug-likeness (QED) is 0.509. The van der Waals surface area contributed by atoms with Crippen molar-refractivity contribution in [3.8, 4) is 0 Å². The van der Waals surface area contributed by atoms with Crippen molar-refractivity contribution in [2.24, 2.45) is 0 Å². The molecule has 2 fully saturated rings. The molecule has 0 aliphatic carbocycles. The van der Waals surface area contributed by atoms with E-state index < -0.39 is 35.8 Å². The average molecular weight is 354 g/mol. The van der Waals surface area contributed by atoms with Gasteiger partial charge in [0.05, 0.1) is 13.2 Å². The summed E-state index contributed by atoms with van der Waals surface area (Å²) in [6.45, 7) is 4.82. The third kappa shape index (κ3) is 4.49. The number of carbonyl (C=O) groups is 4. The summed E-state index contributed by atoms with van der Waals surface area (Å²) in [6, 6.07) is -1.22. The Balaban J connectivity index is 1.96. The molecule has 0 unspecified atom stereocenters. The number of rotatable bonds is 6. The fourth-order valence-electron chi connectivity index (χ4n) is 3.43. The predicted octanol–water partition coefficient (Wildman–Crippen LogP) is 0.485. The van der Waals surface area contributed by atoms with E-state index in [-0.39, 0.29) is 19.6 Å². The van der Waals surface area contributed by atoms with E-state index in [1.54, 1.807) is 13.8 Å². The van der Waals surface area contributed by atoms with Gasteiger partial charge in [-0.3, -0.25) is 9.59 Å². The fourth-order valence-corrected chi connectivity index (χ4v) is 3.43. The number of esters is 2. The van der Waals surface area contributed by atoms with Crippen LogP contribution in [0.4, 0.5) is 0 Å². The van der Waals surface area contributed by atoms with Crippen molar-refractivity contribution in [1.82, 2.24) is 9.80 Å². The minimum absolute atomic E-state index is 0.255. The van der Waals surface area contributed by atoms with Gasteiger partial charge in [0.1, 0.15) is 18.5 Å². The maximum atomic E-state index is 12.5. The second kappa shape index (κ2) is 8.82. The SMILES string of the molecule is CCOC(=O)[C@@H]1CCCN1C(=O)CC(=O)N1CCC[C@H]1C(=O)OCC. The highest BCUT2D eigenvalue weighted by Gasteiger charge is 2.39. The lowest BCUT2D eigenvalue weighted by molar-refractivity contribution is -0.156. The van der Waals surface area contributed by atoms with Crippen LogP contribution in [0.15, 0.2) is 0 Å². The van der Waals surface area contributed by atoms with Crippen LogP contribution in [-0.4, -0.2) is 71.9 Å². The molecule has 2 aliphatic heterocycles. The summed E-state index contributed by atoms with van der Waals surface area (Å²) < 4.78 is 9.99. The van der Waals surface area contributed by atoms with Crippen LogP contribution in [0, 0.1) is 0 Å². The normalized spacial score (nSPS) is 22.8. The van der Waals surface area contributed by atoms with E-state index in [1.165, 1.54) is 9.80 Å². The molecule has 2 atom stereocenters. The lowest BCUT2D eigenvalue weighted by Gasteiger charge is -2.26. The van der Waals surface area contributed by atoms with E-state index in [2.05, 4.69) is 0 Å². The van der Waals surface area contributed by atoms with Crippen LogP contribution in [0.1, 0.15) is 46.0 Å². The van der Waals surface area contributed by atoms with Crippen molar-refractivity contribution in [2.45, 2.75) is 58.0 Å². The Morgan fingerprint density at radius 1 is 0.800 bits per heavy atom. The van der Waals surface area contributed by atoms with Gasteiger partial charge in [-0.15, -0.1) is 0 Å². The standard InChI is InChI=1S/C17H26N2O6/c1-3-24-16(22)12-7-5-9-18(12)14(20)11-15(21)19-10-6-8-13(19)17(23)25-4-2/h12-13H,3-11H2,1-2H3/t12-,13-/m0/s1. The molecule has 0 N–H and O–H groups in total. The molecule has 2 heterocycles. The van der Waals surface area contributed by atoms with E-state index >= 15 is 0 Å². The first kappa shape index (κ1) is 19.2. The molecule has 2 amide bonds. The number of likely N-dealkylation sites (tertiary alicyclic amines) is 2. The van der Waals surface area contributed by atoms with Gasteiger partial charge in [0.15, 0.2) is 0 Å². The highest BCUT2D eigenvalue weighted by atomic mass is 16.5. The van der Waals surface area contributed by atoms with Gasteiger partial charge < -0.3 is 19.3 Å². The monoisotopic (exact) mass is 354 g/mol. The van der Waals surface area contributed by atoms with Crippen LogP contribution >= 0.6 is 0 Å². The zero-order valence-corrected chi connectivity index (χ0v) is 14.9. The highest BCUT2D eigenvalue weighted by Crippen LogP contribution is 2.22. The largest absolute Gasteiger partial charge is 0.464 e. The van der Waals surface area contributed by atoms with Crippen LogP contribution in [0.25, 0.3) is 0 Å². The maximum absolute atomic E-state index is 12.5. The Morgan fingerprint density at radius 2 is 1.20 bits per heavy atom. The first-order valence-electron chi connectivity index (χ1n) is 8.91. The summed E-state index contributed by atoms with van der Waals surface area (Å²) in [4.78, 5) is 51.7. The third-order valence-corrected chi connectivity index (χ3v) is 4.57. The Hall–Kier alpha value is -2.12. The molecule has 0 bridgehead atoms. The smallest absolute Gasteiger partial charge is 0.328 e. The van der Waals surface area contributed by atoms with Crippen molar-refractivity contribution in [2.75, 3.05) is 26.3 Å². The van der Waals surface area contributed by atoms with Gasteiger partial charge in [-0.25, -0.2) is 9.59 Å². The summed E-state index contributed by atoms with van der Waals surface area (Å²) in [6.07, 6.45) is 2.17. The molecule has 2 rings (SSSR count). The number of hydrogen-bond donors (Lipinski definition) is 0. The minimum Gasteiger partial charge on any atom is -0.464 e. The van der Waals surface area contributed by atoms with Gasteiger partial charge in [0, 0.05) is 13.1 Å². The van der Waals surface area contributed by atoms with Crippen LogP contribution in [-0.2, 0) is 28.7 Å². The van der Waals surface area contributed by atoms with Crippen molar-refractivity contribution in [1.29, 1.82) is 0 Å². The number of amides is 2. The van der Waals surface area contributed by atoms with Crippen molar-refractivity contribution in [3.63, 3.8) is 0 Å². The van der Waals surface area contributed by atoms with E-state index in [0.717, 1.165) is 0 Å². The summed E-state index contributed by atoms with van der Waals surface area (Å²) >= 11 is 0. The summed E-state index contributed by atoms with van der Waals surface area (Å²) in [7, 11) is 0. The van der Waals surface area contributed by atoms with E-state index in [0.29, 0.717) is 38.8 Å². The second-order valence-corrected chi connectivity index (χ2v) is 6.17. The lowest BCUT2D eigenvalue weighted by Crippen LogP contribution is -2.46. The number of ether oxygens (including phenoxy) is 2. The molecule has 8 heteroatoms. The molecule has 8 nitrogen and oxygen atoms in total. The molecule has 2 aliphatic rings. The van der Waals surface area contributed by atoms with E-state index in [4.69, 9.17) is 9.47 Å². The first-order chi connectivity index (χ1) is 12.0. The number of hydrogen-bond acceptors (Lipinski definition) is 6. The summed E-state index contributed by atoms with van der Waals surface area (Å²) in [5.74, 6) is -1.64. The summed E-state index contributed by atoms with van der Waals surface area (Å²) in [5.41, 5.74) is 0. The molecule has 0 radical (unpaired) electrons. The lowest BCUT2D eigenvalue weighted by atomic mass is 10.2. The van der Waals surface area contributed by atoms with Gasteiger partial charge in [0.2, 0.25) is 11.8 Å². The van der Waals surface area contributed by atoms with Gasteiger partial charge in [-0.05, 0) is 39.5 Å². The highest BCUT2D eigenvalue weighted by molar-refractivity contribution is 6.00. The average Bonchev–Trinajstić information content (AvgIpc) is 3.24. The third-order valence-electron chi connectivity index (χ3n) is 4.57. The van der Waals surface area contributed by atoms with Crippen molar-refractivity contribution < 1.29 is 28.7 Å². The Morgan fingerprint density at radius 3 is 1.56 bits per heavy atom. The number of carbonyl (C=O) groups excluding carboxylic acids is 4. The Labute approximate surface area is 147 Å². The van der Waals surface area contributed by atoms with E-state index in [9.17, 15) is 19.2 Å². The topological polar surface area (TPSA) is 93.2 Å². The Kier molecular flexibility index (Phi) is 6.78. The second-order valence-electron chi connectivity index (χ2n) is 6.17. The molecule has 0 saturated carbocycles.